The van der Waals surface area contributed by atoms with E-state index in [1.807, 2.05) is 10.9 Å². The van der Waals surface area contributed by atoms with Gasteiger partial charge in [0.2, 0.25) is 0 Å². The molecular formula is C8H14N4. The molecule has 4 heteroatoms. The van der Waals surface area contributed by atoms with E-state index in [9.17, 15) is 0 Å². The summed E-state index contributed by atoms with van der Waals surface area (Å²) in [5.41, 5.74) is 0. The molecule has 2 heterocycles. The third kappa shape index (κ3) is 1.64. The van der Waals surface area contributed by atoms with E-state index in [0.717, 1.165) is 13.1 Å². The minimum atomic E-state index is 0.558. The molecule has 1 aromatic heterocycles. The van der Waals surface area contributed by atoms with E-state index in [-0.39, 0.29) is 0 Å². The fraction of sp³-hybridized carbons (Fsp3) is 0.750. The molecule has 1 fully saturated rings. The molecule has 1 atom stereocenters. The van der Waals surface area contributed by atoms with Gasteiger partial charge in [0.05, 0.1) is 12.2 Å². The van der Waals surface area contributed by atoms with Gasteiger partial charge in [-0.15, -0.1) is 5.10 Å². The zero-order valence-corrected chi connectivity index (χ0v) is 7.11. The van der Waals surface area contributed by atoms with Gasteiger partial charge in [0.15, 0.2) is 0 Å². The predicted octanol–water partition coefficient (Wildman–Crippen LogP) is 0.593. The Morgan fingerprint density at radius 1 is 1.33 bits per heavy atom. The van der Waals surface area contributed by atoms with Gasteiger partial charge in [-0.05, 0) is 32.4 Å². The van der Waals surface area contributed by atoms with Crippen molar-refractivity contribution in [2.24, 2.45) is 0 Å². The highest BCUT2D eigenvalue weighted by Gasteiger charge is 2.13. The topological polar surface area (TPSA) is 42.7 Å². The van der Waals surface area contributed by atoms with Crippen molar-refractivity contribution in [2.45, 2.75) is 25.3 Å². The highest BCUT2D eigenvalue weighted by Crippen LogP contribution is 2.17. The van der Waals surface area contributed by atoms with Crippen LogP contribution in [-0.2, 0) is 0 Å². The van der Waals surface area contributed by atoms with E-state index in [0.29, 0.717) is 6.04 Å². The van der Waals surface area contributed by atoms with Gasteiger partial charge in [0, 0.05) is 6.20 Å². The molecule has 0 aliphatic carbocycles. The summed E-state index contributed by atoms with van der Waals surface area (Å²) >= 11 is 0. The molecule has 0 radical (unpaired) electrons. The highest BCUT2D eigenvalue weighted by molar-refractivity contribution is 4.75. The van der Waals surface area contributed by atoms with Crippen LogP contribution in [0.1, 0.15) is 25.3 Å². The SMILES string of the molecule is c1cn(C2CCCNCC2)nn1. The summed E-state index contributed by atoms with van der Waals surface area (Å²) in [6.45, 7) is 2.25. The van der Waals surface area contributed by atoms with Gasteiger partial charge in [-0.1, -0.05) is 5.21 Å². The Morgan fingerprint density at radius 3 is 3.17 bits per heavy atom. The molecule has 0 bridgehead atoms. The van der Waals surface area contributed by atoms with Crippen LogP contribution >= 0.6 is 0 Å². The molecule has 66 valence electrons. The van der Waals surface area contributed by atoms with Crippen LogP contribution in [0.5, 0.6) is 0 Å². The lowest BCUT2D eigenvalue weighted by atomic mass is 10.1. The van der Waals surface area contributed by atoms with Crippen molar-refractivity contribution >= 4 is 0 Å². The lowest BCUT2D eigenvalue weighted by molar-refractivity contribution is 0.405. The van der Waals surface area contributed by atoms with E-state index in [1.165, 1.54) is 19.3 Å². The van der Waals surface area contributed by atoms with E-state index in [2.05, 4.69) is 15.6 Å². The van der Waals surface area contributed by atoms with Gasteiger partial charge in [-0.25, -0.2) is 4.68 Å². The van der Waals surface area contributed by atoms with Crippen LogP contribution in [0.4, 0.5) is 0 Å². The fourth-order valence-corrected chi connectivity index (χ4v) is 1.68. The number of hydrogen-bond acceptors (Lipinski definition) is 3. The first-order chi connectivity index (χ1) is 5.97. The van der Waals surface area contributed by atoms with Crippen LogP contribution in [0.3, 0.4) is 0 Å². The van der Waals surface area contributed by atoms with Crippen LogP contribution in [0.15, 0.2) is 12.4 Å². The smallest absolute Gasteiger partial charge is 0.0693 e. The Hall–Kier alpha value is -0.900. The number of nitrogens with one attached hydrogen (secondary N) is 1. The summed E-state index contributed by atoms with van der Waals surface area (Å²) in [5.74, 6) is 0. The lowest BCUT2D eigenvalue weighted by Crippen LogP contribution is -2.15. The van der Waals surface area contributed by atoms with Gasteiger partial charge in [0.1, 0.15) is 0 Å². The normalized spacial score (nSPS) is 25.2. The molecule has 1 aromatic rings. The van der Waals surface area contributed by atoms with Crippen LogP contribution in [-0.4, -0.2) is 28.1 Å². The predicted molar refractivity (Wildman–Crippen MR) is 45.8 cm³/mol. The van der Waals surface area contributed by atoms with E-state index in [1.54, 1.807) is 6.20 Å². The number of aromatic nitrogens is 3. The van der Waals surface area contributed by atoms with Crippen LogP contribution in [0.25, 0.3) is 0 Å². The summed E-state index contributed by atoms with van der Waals surface area (Å²) in [7, 11) is 0. The highest BCUT2D eigenvalue weighted by atomic mass is 15.4. The Balaban J connectivity index is 2.02. The molecule has 4 nitrogen and oxygen atoms in total. The summed E-state index contributed by atoms with van der Waals surface area (Å²) in [4.78, 5) is 0. The molecule has 0 aromatic carbocycles. The molecule has 0 spiro atoms. The summed E-state index contributed by atoms with van der Waals surface area (Å²) < 4.78 is 1.98. The first-order valence-corrected chi connectivity index (χ1v) is 4.53. The van der Waals surface area contributed by atoms with Gasteiger partial charge < -0.3 is 5.32 Å². The fourth-order valence-electron chi connectivity index (χ4n) is 1.68. The zero-order chi connectivity index (χ0) is 8.23. The maximum Gasteiger partial charge on any atom is 0.0693 e. The minimum Gasteiger partial charge on any atom is -0.317 e. The van der Waals surface area contributed by atoms with Crippen molar-refractivity contribution in [3.8, 4) is 0 Å². The van der Waals surface area contributed by atoms with Crippen molar-refractivity contribution in [3.05, 3.63) is 12.4 Å². The molecule has 1 saturated heterocycles. The molecule has 1 N–H and O–H groups in total. The van der Waals surface area contributed by atoms with E-state index >= 15 is 0 Å². The minimum absolute atomic E-state index is 0.558. The van der Waals surface area contributed by atoms with Gasteiger partial charge in [-0.3, -0.25) is 0 Å². The molecule has 1 aliphatic heterocycles. The third-order valence-electron chi connectivity index (χ3n) is 2.36. The largest absolute Gasteiger partial charge is 0.317 e. The standard InChI is InChI=1S/C8H14N4/c1-2-8(3-5-9-4-1)12-7-6-10-11-12/h6-9H,1-5H2. The molecule has 0 amide bonds. The lowest BCUT2D eigenvalue weighted by Gasteiger charge is -2.12. The average Bonchev–Trinajstić information content (AvgIpc) is 2.48. The number of hydrogen-bond donors (Lipinski definition) is 1. The van der Waals surface area contributed by atoms with Crippen molar-refractivity contribution in [2.75, 3.05) is 13.1 Å². The zero-order valence-electron chi connectivity index (χ0n) is 7.11. The Bertz CT molecular complexity index is 211. The molecule has 0 saturated carbocycles. The monoisotopic (exact) mass is 166 g/mol. The summed E-state index contributed by atoms with van der Waals surface area (Å²) in [6.07, 6.45) is 7.33. The van der Waals surface area contributed by atoms with Crippen LogP contribution in [0.2, 0.25) is 0 Å². The summed E-state index contributed by atoms with van der Waals surface area (Å²) in [6, 6.07) is 0.558. The van der Waals surface area contributed by atoms with Crippen molar-refractivity contribution < 1.29 is 0 Å². The average molecular weight is 166 g/mol. The van der Waals surface area contributed by atoms with Crippen LogP contribution < -0.4 is 5.32 Å². The van der Waals surface area contributed by atoms with Crippen molar-refractivity contribution in [1.82, 2.24) is 20.3 Å². The van der Waals surface area contributed by atoms with E-state index < -0.39 is 0 Å². The number of rotatable bonds is 1. The Morgan fingerprint density at radius 2 is 2.33 bits per heavy atom. The number of nitrogens with zero attached hydrogens (tertiary/aromatic N) is 3. The maximum absolute atomic E-state index is 4.02. The van der Waals surface area contributed by atoms with Crippen molar-refractivity contribution in [3.63, 3.8) is 0 Å². The molecule has 2 rings (SSSR count). The second-order valence-electron chi connectivity index (χ2n) is 3.22. The maximum atomic E-state index is 4.02. The third-order valence-corrected chi connectivity index (χ3v) is 2.36. The first kappa shape index (κ1) is 7.73. The molecule has 1 unspecified atom stereocenters. The van der Waals surface area contributed by atoms with Gasteiger partial charge >= 0.3 is 0 Å². The molecule has 1 aliphatic rings. The molecular weight excluding hydrogens is 152 g/mol. The summed E-state index contributed by atoms with van der Waals surface area (Å²) in [5, 5.41) is 11.2. The Kier molecular flexibility index (Phi) is 2.36. The van der Waals surface area contributed by atoms with Crippen molar-refractivity contribution in [1.29, 1.82) is 0 Å². The van der Waals surface area contributed by atoms with E-state index in [4.69, 9.17) is 0 Å². The quantitative estimate of drug-likeness (QED) is 0.664. The van der Waals surface area contributed by atoms with Crippen LogP contribution in [0, 0.1) is 0 Å². The van der Waals surface area contributed by atoms with Gasteiger partial charge in [-0.2, -0.15) is 0 Å². The second kappa shape index (κ2) is 3.67. The molecule has 12 heavy (non-hydrogen) atoms. The first-order valence-electron chi connectivity index (χ1n) is 4.53. The Labute approximate surface area is 72.0 Å². The second-order valence-corrected chi connectivity index (χ2v) is 3.22. The van der Waals surface area contributed by atoms with Gasteiger partial charge in [0.25, 0.3) is 0 Å².